The minimum Gasteiger partial charge on any atom is -0.317 e. The van der Waals surface area contributed by atoms with Gasteiger partial charge in [0.2, 0.25) is 5.69 Å². The third-order valence-corrected chi connectivity index (χ3v) is 7.08. The third-order valence-electron chi connectivity index (χ3n) is 7.08. The van der Waals surface area contributed by atoms with Crippen molar-refractivity contribution in [3.8, 4) is 0 Å². The lowest BCUT2D eigenvalue weighted by molar-refractivity contribution is -0.385. The number of aromatic nitrogens is 4. The number of amides is 1. The highest BCUT2D eigenvalue weighted by molar-refractivity contribution is 6.05. The zero-order valence-electron chi connectivity index (χ0n) is 16.1. The number of nitro groups is 1. The van der Waals surface area contributed by atoms with Gasteiger partial charge in [-0.3, -0.25) is 24.3 Å². The monoisotopic (exact) mass is 384 g/mol. The molecule has 148 valence electrons. The molecule has 9 heteroatoms. The quantitative estimate of drug-likeness (QED) is 0.644. The molecule has 0 saturated heterocycles. The normalized spacial score (nSPS) is 30.6. The summed E-state index contributed by atoms with van der Waals surface area (Å²) in [6, 6.07) is 0. The highest BCUT2D eigenvalue weighted by Gasteiger charge is 2.53. The molecule has 1 amide bonds. The van der Waals surface area contributed by atoms with Gasteiger partial charge in [0.25, 0.3) is 5.91 Å². The van der Waals surface area contributed by atoms with Crippen LogP contribution in [0.15, 0.2) is 12.4 Å². The first-order valence-corrected chi connectivity index (χ1v) is 9.89. The van der Waals surface area contributed by atoms with Gasteiger partial charge in [-0.2, -0.15) is 10.2 Å². The van der Waals surface area contributed by atoms with Crippen molar-refractivity contribution in [3.63, 3.8) is 0 Å². The van der Waals surface area contributed by atoms with Crippen LogP contribution < -0.4 is 5.32 Å². The SMILES string of the molecule is Cc1c(NC(=O)c2nn(C34CC5CC(CC(C5)C3)C4)cc2[N+](=O)[O-])cnn1C. The maximum absolute atomic E-state index is 12.8. The molecule has 0 radical (unpaired) electrons. The number of carbonyl (C=O) groups is 1. The van der Waals surface area contributed by atoms with E-state index in [0.29, 0.717) is 23.4 Å². The van der Waals surface area contributed by atoms with Gasteiger partial charge in [0.05, 0.1) is 28.0 Å². The standard InChI is InChI=1S/C19H24N6O3/c1-11-15(9-20-23(11)2)21-18(26)17-16(25(27)28)10-24(22-17)19-6-12-3-13(7-19)5-14(4-12)8-19/h9-10,12-14H,3-8H2,1-2H3,(H,21,26). The highest BCUT2D eigenvalue weighted by atomic mass is 16.6. The number of anilines is 1. The van der Waals surface area contributed by atoms with E-state index < -0.39 is 10.8 Å². The molecule has 4 bridgehead atoms. The molecule has 28 heavy (non-hydrogen) atoms. The van der Waals surface area contributed by atoms with Crippen molar-refractivity contribution in [2.75, 3.05) is 5.32 Å². The molecule has 0 unspecified atom stereocenters. The Balaban J connectivity index is 1.49. The molecular formula is C19H24N6O3. The maximum Gasteiger partial charge on any atom is 0.320 e. The van der Waals surface area contributed by atoms with E-state index in [1.165, 1.54) is 31.7 Å². The zero-order valence-corrected chi connectivity index (χ0v) is 16.1. The van der Waals surface area contributed by atoms with Crippen LogP contribution in [0.25, 0.3) is 0 Å². The fourth-order valence-corrected chi connectivity index (χ4v) is 6.05. The van der Waals surface area contributed by atoms with Gasteiger partial charge in [-0.1, -0.05) is 0 Å². The number of rotatable bonds is 4. The largest absolute Gasteiger partial charge is 0.320 e. The van der Waals surface area contributed by atoms with Gasteiger partial charge in [0.15, 0.2) is 0 Å². The fraction of sp³-hybridized carbons (Fsp3) is 0.632. The third kappa shape index (κ3) is 2.56. The zero-order chi connectivity index (χ0) is 19.6. The van der Waals surface area contributed by atoms with Gasteiger partial charge in [0.1, 0.15) is 6.20 Å². The lowest BCUT2D eigenvalue weighted by atomic mass is 9.53. The first-order valence-electron chi connectivity index (χ1n) is 9.89. The molecule has 2 aromatic heterocycles. The van der Waals surface area contributed by atoms with Crippen molar-refractivity contribution in [1.29, 1.82) is 0 Å². The summed E-state index contributed by atoms with van der Waals surface area (Å²) in [7, 11) is 1.77. The lowest BCUT2D eigenvalue weighted by Gasteiger charge is -2.56. The summed E-state index contributed by atoms with van der Waals surface area (Å²) < 4.78 is 3.40. The molecular weight excluding hydrogens is 360 g/mol. The van der Waals surface area contributed by atoms with Crippen molar-refractivity contribution in [2.24, 2.45) is 24.8 Å². The maximum atomic E-state index is 12.8. The molecule has 9 nitrogen and oxygen atoms in total. The van der Waals surface area contributed by atoms with Crippen molar-refractivity contribution in [3.05, 3.63) is 33.9 Å². The van der Waals surface area contributed by atoms with Gasteiger partial charge in [-0.05, 0) is 63.2 Å². The second-order valence-electron chi connectivity index (χ2n) is 8.93. The number of hydrogen-bond acceptors (Lipinski definition) is 5. The smallest absolute Gasteiger partial charge is 0.317 e. The van der Waals surface area contributed by atoms with Gasteiger partial charge in [-0.15, -0.1) is 0 Å². The molecule has 4 aliphatic carbocycles. The second kappa shape index (κ2) is 5.89. The van der Waals surface area contributed by atoms with Gasteiger partial charge >= 0.3 is 5.69 Å². The molecule has 4 saturated carbocycles. The Morgan fingerprint density at radius 1 is 1.25 bits per heavy atom. The van der Waals surface area contributed by atoms with E-state index in [9.17, 15) is 14.9 Å². The summed E-state index contributed by atoms with van der Waals surface area (Å²) in [4.78, 5) is 24.0. The number of nitrogens with one attached hydrogen (secondary N) is 1. The first-order chi connectivity index (χ1) is 13.3. The second-order valence-corrected chi connectivity index (χ2v) is 8.93. The van der Waals surface area contributed by atoms with Crippen LogP contribution >= 0.6 is 0 Å². The Bertz CT molecular complexity index is 939. The Kier molecular flexibility index (Phi) is 3.66. The summed E-state index contributed by atoms with van der Waals surface area (Å²) >= 11 is 0. The van der Waals surface area contributed by atoms with Gasteiger partial charge in [0, 0.05) is 7.05 Å². The van der Waals surface area contributed by atoms with Crippen molar-refractivity contribution in [1.82, 2.24) is 19.6 Å². The summed E-state index contributed by atoms with van der Waals surface area (Å²) in [5.74, 6) is 1.49. The number of nitrogens with zero attached hydrogens (tertiary/aromatic N) is 5. The van der Waals surface area contributed by atoms with Crippen LogP contribution in [0.3, 0.4) is 0 Å². The van der Waals surface area contributed by atoms with Gasteiger partial charge < -0.3 is 5.32 Å². The van der Waals surface area contributed by atoms with E-state index in [4.69, 9.17) is 0 Å². The van der Waals surface area contributed by atoms with Crippen LogP contribution in [0.1, 0.15) is 54.7 Å². The molecule has 1 N–H and O–H groups in total. The Morgan fingerprint density at radius 2 is 1.86 bits per heavy atom. The van der Waals surface area contributed by atoms with Crippen LogP contribution in [0.4, 0.5) is 11.4 Å². The van der Waals surface area contributed by atoms with E-state index in [1.54, 1.807) is 16.4 Å². The fourth-order valence-electron chi connectivity index (χ4n) is 6.05. The molecule has 2 heterocycles. The number of carbonyl (C=O) groups excluding carboxylic acids is 1. The van der Waals surface area contributed by atoms with Crippen molar-refractivity contribution in [2.45, 2.75) is 51.0 Å². The van der Waals surface area contributed by atoms with E-state index in [0.717, 1.165) is 25.0 Å². The van der Waals surface area contributed by atoms with E-state index in [2.05, 4.69) is 15.5 Å². The van der Waals surface area contributed by atoms with Crippen molar-refractivity contribution >= 4 is 17.3 Å². The number of hydrogen-bond donors (Lipinski definition) is 1. The molecule has 0 spiro atoms. The highest BCUT2D eigenvalue weighted by Crippen LogP contribution is 2.58. The molecule has 4 aliphatic rings. The molecule has 4 fully saturated rings. The first kappa shape index (κ1) is 17.4. The molecule has 2 aromatic rings. The molecule has 0 aromatic carbocycles. The minimum atomic E-state index is -0.564. The van der Waals surface area contributed by atoms with Crippen LogP contribution in [0, 0.1) is 34.8 Å². The van der Waals surface area contributed by atoms with Gasteiger partial charge in [-0.25, -0.2) is 0 Å². The predicted octanol–water partition coefficient (Wildman–Crippen LogP) is 3.01. The van der Waals surface area contributed by atoms with E-state index in [1.807, 2.05) is 6.92 Å². The predicted molar refractivity (Wildman–Crippen MR) is 101 cm³/mol. The van der Waals surface area contributed by atoms with Crippen LogP contribution in [-0.4, -0.2) is 30.4 Å². The molecule has 0 aliphatic heterocycles. The van der Waals surface area contributed by atoms with Crippen LogP contribution in [0.5, 0.6) is 0 Å². The lowest BCUT2D eigenvalue weighted by Crippen LogP contribution is -2.52. The Hall–Kier alpha value is -2.71. The Labute approximate surface area is 162 Å². The van der Waals surface area contributed by atoms with Crippen LogP contribution in [0.2, 0.25) is 0 Å². The summed E-state index contributed by atoms with van der Waals surface area (Å²) in [6.45, 7) is 1.82. The molecule has 6 rings (SSSR count). The average Bonchev–Trinajstić information content (AvgIpc) is 3.21. The summed E-state index contributed by atoms with van der Waals surface area (Å²) in [5.41, 5.74) is 0.795. The molecule has 0 atom stereocenters. The topological polar surface area (TPSA) is 108 Å². The summed E-state index contributed by atoms with van der Waals surface area (Å²) in [5, 5.41) is 23.0. The van der Waals surface area contributed by atoms with Crippen LogP contribution in [-0.2, 0) is 12.6 Å². The Morgan fingerprint density at radius 3 is 2.36 bits per heavy atom. The van der Waals surface area contributed by atoms with Crippen molar-refractivity contribution < 1.29 is 9.72 Å². The average molecular weight is 384 g/mol. The minimum absolute atomic E-state index is 0.121. The van der Waals surface area contributed by atoms with E-state index in [-0.39, 0.29) is 16.9 Å². The summed E-state index contributed by atoms with van der Waals surface area (Å²) in [6.07, 6.45) is 9.89. The van der Waals surface area contributed by atoms with E-state index >= 15 is 0 Å². The number of aryl methyl sites for hydroxylation is 1.